The number of methoxy groups -OCH3 is 1. The Bertz CT molecular complexity index is 1050. The van der Waals surface area contributed by atoms with Crippen LogP contribution in [-0.4, -0.2) is 35.0 Å². The molecule has 0 bridgehead atoms. The Morgan fingerprint density at radius 1 is 0.938 bits per heavy atom. The van der Waals surface area contributed by atoms with Crippen molar-refractivity contribution in [1.29, 1.82) is 0 Å². The molecule has 3 aromatic rings. The van der Waals surface area contributed by atoms with Crippen LogP contribution in [0.15, 0.2) is 42.5 Å². The first-order chi connectivity index (χ1) is 15.6. The summed E-state index contributed by atoms with van der Waals surface area (Å²) < 4.78 is 12.5. The van der Waals surface area contributed by atoms with Crippen molar-refractivity contribution in [3.8, 4) is 6.01 Å². The summed E-state index contributed by atoms with van der Waals surface area (Å²) in [5, 5.41) is 0. The molecule has 0 saturated heterocycles. The van der Waals surface area contributed by atoms with E-state index in [0.717, 1.165) is 29.4 Å². The smallest absolute Gasteiger partial charge is 0.337 e. The number of unbranched alkanes of at least 4 members (excludes halogenated alkanes) is 4. The third-order valence-corrected chi connectivity index (χ3v) is 5.53. The molecule has 2 aromatic carbocycles. The highest BCUT2D eigenvalue weighted by molar-refractivity contribution is 5.99. The molecule has 1 heterocycles. The lowest BCUT2D eigenvalue weighted by Gasteiger charge is -2.10. The predicted octanol–water partition coefficient (Wildman–Crippen LogP) is 5.81. The van der Waals surface area contributed by atoms with Gasteiger partial charge in [0, 0.05) is 12.0 Å². The van der Waals surface area contributed by atoms with Crippen molar-refractivity contribution in [2.45, 2.75) is 58.9 Å². The number of fused-ring (bicyclic) bond motifs is 1. The van der Waals surface area contributed by atoms with E-state index in [9.17, 15) is 9.59 Å². The van der Waals surface area contributed by atoms with Crippen molar-refractivity contribution in [3.05, 3.63) is 59.2 Å². The number of ketones is 1. The molecule has 0 aliphatic carbocycles. The van der Waals surface area contributed by atoms with Gasteiger partial charge >= 0.3 is 5.97 Å². The van der Waals surface area contributed by atoms with Gasteiger partial charge in [-0.3, -0.25) is 9.36 Å². The first-order valence-corrected chi connectivity index (χ1v) is 11.4. The molecule has 0 unspecified atom stereocenters. The van der Waals surface area contributed by atoms with Gasteiger partial charge in [0.2, 0.25) is 0 Å². The molecule has 0 aliphatic heterocycles. The van der Waals surface area contributed by atoms with Crippen LogP contribution >= 0.6 is 0 Å². The first-order valence-electron chi connectivity index (χ1n) is 11.4. The largest absolute Gasteiger partial charge is 0.465 e. The number of carbonyl (C=O) groups is 2. The van der Waals surface area contributed by atoms with Crippen LogP contribution in [0.2, 0.25) is 0 Å². The Kier molecular flexibility index (Phi) is 8.42. The summed E-state index contributed by atoms with van der Waals surface area (Å²) in [5.74, 6) is -0.200. The van der Waals surface area contributed by atoms with E-state index in [-0.39, 0.29) is 11.8 Å². The zero-order valence-corrected chi connectivity index (χ0v) is 19.2. The highest BCUT2D eigenvalue weighted by atomic mass is 16.5. The number of ether oxygens (including phenoxy) is 2. The second-order valence-electron chi connectivity index (χ2n) is 7.89. The van der Waals surface area contributed by atoms with E-state index >= 15 is 0 Å². The Morgan fingerprint density at radius 3 is 2.34 bits per heavy atom. The van der Waals surface area contributed by atoms with Crippen LogP contribution in [0.1, 0.15) is 78.7 Å². The topological polar surface area (TPSA) is 70.4 Å². The summed E-state index contributed by atoms with van der Waals surface area (Å²) in [7, 11) is 1.37. The van der Waals surface area contributed by atoms with Crippen molar-refractivity contribution >= 4 is 22.8 Å². The van der Waals surface area contributed by atoms with E-state index in [4.69, 9.17) is 9.47 Å². The van der Waals surface area contributed by atoms with E-state index in [1.807, 2.05) is 41.8 Å². The Hall–Kier alpha value is -3.15. The molecule has 0 aliphatic rings. The van der Waals surface area contributed by atoms with Crippen LogP contribution < -0.4 is 4.74 Å². The molecule has 1 aromatic heterocycles. The van der Waals surface area contributed by atoms with Gasteiger partial charge in [-0.15, -0.1) is 0 Å². The van der Waals surface area contributed by atoms with Crippen LogP contribution in [0.5, 0.6) is 6.01 Å². The van der Waals surface area contributed by atoms with Gasteiger partial charge in [0.05, 0.1) is 36.9 Å². The monoisotopic (exact) mass is 436 g/mol. The summed E-state index contributed by atoms with van der Waals surface area (Å²) in [5.41, 5.74) is 3.86. The average molecular weight is 437 g/mol. The second-order valence-corrected chi connectivity index (χ2v) is 7.89. The number of esters is 1. The third kappa shape index (κ3) is 5.75. The Morgan fingerprint density at radius 2 is 1.66 bits per heavy atom. The number of imidazole rings is 1. The number of aromatic nitrogens is 2. The molecule has 32 heavy (non-hydrogen) atoms. The molecule has 170 valence electrons. The number of rotatable bonds is 12. The second kappa shape index (κ2) is 11.5. The van der Waals surface area contributed by atoms with Crippen molar-refractivity contribution < 1.29 is 19.1 Å². The SMILES string of the molecule is CCCCCCCC(=O)c1ccc2nc(OCC)n(Cc3ccc(C(=O)OC)cc3)c2c1. The lowest BCUT2D eigenvalue weighted by molar-refractivity contribution is 0.0600. The quantitative estimate of drug-likeness (QED) is 0.203. The van der Waals surface area contributed by atoms with Gasteiger partial charge in [-0.05, 0) is 49.2 Å². The van der Waals surface area contributed by atoms with E-state index < -0.39 is 0 Å². The molecule has 0 N–H and O–H groups in total. The summed E-state index contributed by atoms with van der Waals surface area (Å²) >= 11 is 0. The van der Waals surface area contributed by atoms with Crippen molar-refractivity contribution in [2.24, 2.45) is 0 Å². The third-order valence-electron chi connectivity index (χ3n) is 5.53. The van der Waals surface area contributed by atoms with Gasteiger partial charge in [-0.1, -0.05) is 44.7 Å². The van der Waals surface area contributed by atoms with E-state index in [0.29, 0.717) is 36.7 Å². The fourth-order valence-electron chi connectivity index (χ4n) is 3.75. The van der Waals surface area contributed by atoms with Gasteiger partial charge in [-0.2, -0.15) is 4.98 Å². The Balaban J connectivity index is 1.83. The van der Waals surface area contributed by atoms with Crippen LogP contribution in [0, 0.1) is 0 Å². The Labute approximate surface area is 189 Å². The van der Waals surface area contributed by atoms with Gasteiger partial charge in [0.25, 0.3) is 6.01 Å². The molecule has 0 saturated carbocycles. The molecule has 0 amide bonds. The molecule has 0 spiro atoms. The highest BCUT2D eigenvalue weighted by Gasteiger charge is 2.15. The first kappa shape index (κ1) is 23.5. The predicted molar refractivity (Wildman–Crippen MR) is 125 cm³/mol. The van der Waals surface area contributed by atoms with Crippen molar-refractivity contribution in [1.82, 2.24) is 9.55 Å². The molecule has 3 rings (SSSR count). The summed E-state index contributed by atoms with van der Waals surface area (Å²) in [6, 6.07) is 13.4. The molecular formula is C26H32N2O4. The average Bonchev–Trinajstić information content (AvgIpc) is 3.15. The summed E-state index contributed by atoms with van der Waals surface area (Å²) in [6.07, 6.45) is 6.18. The maximum atomic E-state index is 12.7. The van der Waals surface area contributed by atoms with Gasteiger partial charge in [0.1, 0.15) is 0 Å². The number of nitrogens with zero attached hydrogens (tertiary/aromatic N) is 2. The lowest BCUT2D eigenvalue weighted by atomic mass is 10.0. The fraction of sp³-hybridized carbons (Fsp3) is 0.423. The molecular weight excluding hydrogens is 404 g/mol. The molecule has 0 radical (unpaired) electrons. The van der Waals surface area contributed by atoms with Gasteiger partial charge < -0.3 is 9.47 Å². The van der Waals surface area contributed by atoms with Gasteiger partial charge in [-0.25, -0.2) is 4.79 Å². The van der Waals surface area contributed by atoms with Crippen LogP contribution in [0.25, 0.3) is 11.0 Å². The van der Waals surface area contributed by atoms with Crippen molar-refractivity contribution in [2.75, 3.05) is 13.7 Å². The minimum absolute atomic E-state index is 0.163. The fourth-order valence-corrected chi connectivity index (χ4v) is 3.75. The van der Waals surface area contributed by atoms with Crippen LogP contribution in [-0.2, 0) is 11.3 Å². The number of hydrogen-bond donors (Lipinski definition) is 0. The number of benzene rings is 2. The minimum Gasteiger partial charge on any atom is -0.465 e. The lowest BCUT2D eigenvalue weighted by Crippen LogP contribution is -2.06. The zero-order chi connectivity index (χ0) is 22.9. The van der Waals surface area contributed by atoms with E-state index in [2.05, 4.69) is 11.9 Å². The molecule has 6 nitrogen and oxygen atoms in total. The number of Topliss-reactive ketones (excluding diaryl/α,β-unsaturated/α-hetero) is 1. The van der Waals surface area contributed by atoms with Crippen LogP contribution in [0.3, 0.4) is 0 Å². The number of carbonyl (C=O) groups excluding carboxylic acids is 2. The maximum Gasteiger partial charge on any atom is 0.337 e. The maximum absolute atomic E-state index is 12.7. The van der Waals surface area contributed by atoms with Crippen molar-refractivity contribution in [3.63, 3.8) is 0 Å². The molecule has 6 heteroatoms. The van der Waals surface area contributed by atoms with Crippen LogP contribution in [0.4, 0.5) is 0 Å². The standard InChI is InChI=1S/C26H32N2O4/c1-4-6-7-8-9-10-24(29)21-15-16-22-23(17-21)28(26(27-22)32-5-2)18-19-11-13-20(14-12-19)25(30)31-3/h11-17H,4-10,18H2,1-3H3. The molecule has 0 fully saturated rings. The summed E-state index contributed by atoms with van der Waals surface area (Å²) in [4.78, 5) is 29.1. The van der Waals surface area contributed by atoms with E-state index in [1.165, 1.54) is 26.4 Å². The van der Waals surface area contributed by atoms with E-state index in [1.54, 1.807) is 12.1 Å². The zero-order valence-electron chi connectivity index (χ0n) is 19.2. The van der Waals surface area contributed by atoms with Gasteiger partial charge in [0.15, 0.2) is 5.78 Å². The normalized spacial score (nSPS) is 11.0. The highest BCUT2D eigenvalue weighted by Crippen LogP contribution is 2.25. The molecule has 0 atom stereocenters. The number of hydrogen-bond acceptors (Lipinski definition) is 5. The summed E-state index contributed by atoms with van der Waals surface area (Å²) in [6.45, 7) is 5.12. The minimum atomic E-state index is -0.363.